The molecular formula is C15H17Cl2N3O. The maximum absolute atomic E-state index is 12.0. The van der Waals surface area contributed by atoms with Crippen molar-refractivity contribution in [2.45, 2.75) is 32.4 Å². The van der Waals surface area contributed by atoms with Crippen LogP contribution in [-0.4, -0.2) is 15.5 Å². The minimum atomic E-state index is -0.0124. The van der Waals surface area contributed by atoms with E-state index in [1.165, 1.54) is 0 Å². The van der Waals surface area contributed by atoms with Crippen LogP contribution in [0.5, 0.6) is 0 Å². The molecule has 1 aromatic heterocycles. The van der Waals surface area contributed by atoms with E-state index in [1.807, 2.05) is 23.8 Å². The SMILES string of the molecule is CC[C@H](CC(=O)NCc1ccc(Cl)cc1Cl)n1ccnc1. The molecule has 0 aliphatic carbocycles. The molecule has 0 aliphatic heterocycles. The summed E-state index contributed by atoms with van der Waals surface area (Å²) in [5, 5.41) is 4.03. The van der Waals surface area contributed by atoms with Gasteiger partial charge in [-0.15, -0.1) is 0 Å². The van der Waals surface area contributed by atoms with Gasteiger partial charge in [-0.1, -0.05) is 36.2 Å². The molecule has 112 valence electrons. The van der Waals surface area contributed by atoms with E-state index in [1.54, 1.807) is 24.7 Å². The molecule has 1 heterocycles. The molecule has 0 aliphatic rings. The summed E-state index contributed by atoms with van der Waals surface area (Å²) in [6, 6.07) is 5.37. The van der Waals surface area contributed by atoms with Crippen molar-refractivity contribution in [3.63, 3.8) is 0 Å². The largest absolute Gasteiger partial charge is 0.352 e. The number of nitrogens with zero attached hydrogens (tertiary/aromatic N) is 2. The number of carbonyl (C=O) groups excluding carboxylic acids is 1. The van der Waals surface area contributed by atoms with Crippen molar-refractivity contribution in [2.24, 2.45) is 0 Å². The number of hydrogen-bond donors (Lipinski definition) is 1. The van der Waals surface area contributed by atoms with Gasteiger partial charge in [0.1, 0.15) is 0 Å². The highest BCUT2D eigenvalue weighted by atomic mass is 35.5. The van der Waals surface area contributed by atoms with Gasteiger partial charge in [-0.05, 0) is 24.1 Å². The van der Waals surface area contributed by atoms with Gasteiger partial charge in [0.25, 0.3) is 0 Å². The number of amides is 1. The Labute approximate surface area is 134 Å². The number of imidazole rings is 1. The summed E-state index contributed by atoms with van der Waals surface area (Å²) in [6.07, 6.45) is 6.60. The maximum Gasteiger partial charge on any atom is 0.222 e. The lowest BCUT2D eigenvalue weighted by molar-refractivity contribution is -0.122. The van der Waals surface area contributed by atoms with Crippen molar-refractivity contribution >= 4 is 29.1 Å². The van der Waals surface area contributed by atoms with Crippen LogP contribution in [0.25, 0.3) is 0 Å². The summed E-state index contributed by atoms with van der Waals surface area (Å²) < 4.78 is 1.95. The quantitative estimate of drug-likeness (QED) is 0.876. The second-order valence-corrected chi connectivity index (χ2v) is 5.63. The highest BCUT2D eigenvalue weighted by molar-refractivity contribution is 6.35. The average molecular weight is 326 g/mol. The third-order valence-corrected chi connectivity index (χ3v) is 3.92. The Bertz CT molecular complexity index is 599. The summed E-state index contributed by atoms with van der Waals surface area (Å²) in [5.41, 5.74) is 0.852. The van der Waals surface area contributed by atoms with Crippen LogP contribution in [0.4, 0.5) is 0 Å². The van der Waals surface area contributed by atoms with Gasteiger partial charge in [-0.2, -0.15) is 0 Å². The number of aromatic nitrogens is 2. The van der Waals surface area contributed by atoms with Crippen molar-refractivity contribution in [1.82, 2.24) is 14.9 Å². The van der Waals surface area contributed by atoms with E-state index < -0.39 is 0 Å². The number of halogens is 2. The predicted molar refractivity (Wildman–Crippen MR) is 84.5 cm³/mol. The fraction of sp³-hybridized carbons (Fsp3) is 0.333. The van der Waals surface area contributed by atoms with Crippen molar-refractivity contribution < 1.29 is 4.79 Å². The summed E-state index contributed by atoms with van der Waals surface area (Å²) in [5.74, 6) is -0.0124. The van der Waals surface area contributed by atoms with E-state index in [4.69, 9.17) is 23.2 Å². The van der Waals surface area contributed by atoms with Gasteiger partial charge in [-0.25, -0.2) is 4.98 Å². The lowest BCUT2D eigenvalue weighted by Gasteiger charge is -2.16. The van der Waals surface area contributed by atoms with E-state index in [0.717, 1.165) is 12.0 Å². The predicted octanol–water partition coefficient (Wildman–Crippen LogP) is 3.85. The first-order valence-electron chi connectivity index (χ1n) is 6.78. The monoisotopic (exact) mass is 325 g/mol. The lowest BCUT2D eigenvalue weighted by atomic mass is 10.1. The van der Waals surface area contributed by atoms with Gasteiger partial charge >= 0.3 is 0 Å². The Morgan fingerprint density at radius 3 is 2.86 bits per heavy atom. The smallest absolute Gasteiger partial charge is 0.222 e. The number of benzene rings is 1. The highest BCUT2D eigenvalue weighted by Crippen LogP contribution is 2.21. The molecule has 2 aromatic rings. The first kappa shape index (κ1) is 15.9. The zero-order valence-electron chi connectivity index (χ0n) is 11.7. The number of carbonyl (C=O) groups is 1. The molecule has 0 saturated heterocycles. The third-order valence-electron chi connectivity index (χ3n) is 3.33. The van der Waals surface area contributed by atoms with Crippen LogP contribution in [0.15, 0.2) is 36.9 Å². The standard InChI is InChI=1S/C15H17Cl2N3O/c1-2-13(20-6-5-18-10-20)8-15(21)19-9-11-3-4-12(16)7-14(11)17/h3-7,10,13H,2,8-9H2,1H3,(H,19,21)/t13-/m1/s1. The summed E-state index contributed by atoms with van der Waals surface area (Å²) in [4.78, 5) is 16.1. The maximum atomic E-state index is 12.0. The summed E-state index contributed by atoms with van der Waals surface area (Å²) >= 11 is 11.9. The van der Waals surface area contributed by atoms with Gasteiger partial charge in [0, 0.05) is 41.4 Å². The molecule has 1 atom stereocenters. The van der Waals surface area contributed by atoms with E-state index in [0.29, 0.717) is 23.0 Å². The van der Waals surface area contributed by atoms with Crippen LogP contribution >= 0.6 is 23.2 Å². The molecule has 1 aromatic carbocycles. The zero-order chi connectivity index (χ0) is 15.2. The second-order valence-electron chi connectivity index (χ2n) is 4.79. The normalized spacial score (nSPS) is 12.1. The molecule has 0 bridgehead atoms. The van der Waals surface area contributed by atoms with Crippen molar-refractivity contribution in [3.05, 3.63) is 52.5 Å². The minimum absolute atomic E-state index is 0.0124. The molecule has 21 heavy (non-hydrogen) atoms. The van der Waals surface area contributed by atoms with Crippen LogP contribution in [0.2, 0.25) is 10.0 Å². The second kappa shape index (κ2) is 7.48. The van der Waals surface area contributed by atoms with Crippen LogP contribution in [0, 0.1) is 0 Å². The first-order chi connectivity index (χ1) is 10.1. The van der Waals surface area contributed by atoms with Crippen LogP contribution in [0.1, 0.15) is 31.4 Å². The molecule has 1 N–H and O–H groups in total. The fourth-order valence-electron chi connectivity index (χ4n) is 2.09. The Kier molecular flexibility index (Phi) is 5.65. The summed E-state index contributed by atoms with van der Waals surface area (Å²) in [6.45, 7) is 2.45. The molecule has 6 heteroatoms. The van der Waals surface area contributed by atoms with Crippen molar-refractivity contribution in [1.29, 1.82) is 0 Å². The van der Waals surface area contributed by atoms with Crippen LogP contribution in [0.3, 0.4) is 0 Å². The molecule has 4 nitrogen and oxygen atoms in total. The van der Waals surface area contributed by atoms with E-state index in [2.05, 4.69) is 10.3 Å². The van der Waals surface area contributed by atoms with E-state index in [-0.39, 0.29) is 11.9 Å². The number of hydrogen-bond acceptors (Lipinski definition) is 2. The van der Waals surface area contributed by atoms with E-state index >= 15 is 0 Å². The number of nitrogens with one attached hydrogen (secondary N) is 1. The molecular weight excluding hydrogens is 309 g/mol. The Balaban J connectivity index is 1.89. The molecule has 0 spiro atoms. The van der Waals surface area contributed by atoms with Gasteiger partial charge in [0.15, 0.2) is 0 Å². The Morgan fingerprint density at radius 1 is 1.43 bits per heavy atom. The number of rotatable bonds is 6. The van der Waals surface area contributed by atoms with Crippen molar-refractivity contribution in [2.75, 3.05) is 0 Å². The topological polar surface area (TPSA) is 46.9 Å². The molecule has 2 rings (SSSR count). The third kappa shape index (κ3) is 4.48. The Hall–Kier alpha value is -1.52. The van der Waals surface area contributed by atoms with Crippen LogP contribution in [-0.2, 0) is 11.3 Å². The zero-order valence-corrected chi connectivity index (χ0v) is 13.2. The average Bonchev–Trinajstić information content (AvgIpc) is 2.98. The van der Waals surface area contributed by atoms with Gasteiger partial charge in [-0.3, -0.25) is 4.79 Å². The summed E-state index contributed by atoms with van der Waals surface area (Å²) in [7, 11) is 0. The van der Waals surface area contributed by atoms with E-state index in [9.17, 15) is 4.79 Å². The highest BCUT2D eigenvalue weighted by Gasteiger charge is 2.13. The molecule has 0 unspecified atom stereocenters. The van der Waals surface area contributed by atoms with Gasteiger partial charge in [0.05, 0.1) is 6.33 Å². The molecule has 0 radical (unpaired) electrons. The van der Waals surface area contributed by atoms with Gasteiger partial charge in [0.2, 0.25) is 5.91 Å². The Morgan fingerprint density at radius 2 is 2.24 bits per heavy atom. The fourth-order valence-corrected chi connectivity index (χ4v) is 2.57. The molecule has 0 saturated carbocycles. The van der Waals surface area contributed by atoms with Crippen molar-refractivity contribution in [3.8, 4) is 0 Å². The molecule has 1 amide bonds. The van der Waals surface area contributed by atoms with Gasteiger partial charge < -0.3 is 9.88 Å². The lowest BCUT2D eigenvalue weighted by Crippen LogP contribution is -2.26. The first-order valence-corrected chi connectivity index (χ1v) is 7.53. The molecule has 0 fully saturated rings. The minimum Gasteiger partial charge on any atom is -0.352 e. The van der Waals surface area contributed by atoms with Crippen LogP contribution < -0.4 is 5.32 Å².